The zero-order chi connectivity index (χ0) is 11.9. The molecule has 0 heterocycles. The molecular weight excluding hydrogens is 224 g/mol. The Morgan fingerprint density at radius 2 is 1.88 bits per heavy atom. The molecule has 0 aromatic rings. The number of amides is 1. The summed E-state index contributed by atoms with van der Waals surface area (Å²) in [5.41, 5.74) is 0.337. The standard InChI is InChI=1S/C12H26N2O.ClH/c1-12(2,3)8-6-7-11(15)14(5)10-9-13-4;/h13H,6-10H2,1-5H3;1H. The minimum Gasteiger partial charge on any atom is -0.344 e. The van der Waals surface area contributed by atoms with E-state index in [0.717, 1.165) is 25.9 Å². The van der Waals surface area contributed by atoms with E-state index in [9.17, 15) is 4.79 Å². The summed E-state index contributed by atoms with van der Waals surface area (Å²) in [5, 5.41) is 3.04. The lowest BCUT2D eigenvalue weighted by Gasteiger charge is -2.20. The van der Waals surface area contributed by atoms with Gasteiger partial charge in [0.25, 0.3) is 0 Å². The number of halogens is 1. The molecule has 16 heavy (non-hydrogen) atoms. The average molecular weight is 251 g/mol. The van der Waals surface area contributed by atoms with E-state index in [2.05, 4.69) is 26.1 Å². The number of nitrogens with one attached hydrogen (secondary N) is 1. The fourth-order valence-corrected chi connectivity index (χ4v) is 1.37. The van der Waals surface area contributed by atoms with E-state index in [-0.39, 0.29) is 18.3 Å². The summed E-state index contributed by atoms with van der Waals surface area (Å²) in [4.78, 5) is 13.4. The van der Waals surface area contributed by atoms with Gasteiger partial charge in [0.1, 0.15) is 0 Å². The highest BCUT2D eigenvalue weighted by atomic mass is 35.5. The third-order valence-electron chi connectivity index (χ3n) is 2.44. The van der Waals surface area contributed by atoms with Gasteiger partial charge in [-0.1, -0.05) is 20.8 Å². The number of likely N-dealkylation sites (N-methyl/N-ethyl adjacent to an activating group) is 2. The maximum atomic E-state index is 11.6. The molecule has 0 atom stereocenters. The van der Waals surface area contributed by atoms with Gasteiger partial charge in [0.05, 0.1) is 0 Å². The molecule has 1 N–H and O–H groups in total. The van der Waals surface area contributed by atoms with Gasteiger partial charge in [-0.3, -0.25) is 4.79 Å². The first-order chi connectivity index (χ1) is 6.87. The molecule has 0 aliphatic rings. The normalized spacial score (nSPS) is 10.8. The minimum absolute atomic E-state index is 0. The van der Waals surface area contributed by atoms with Gasteiger partial charge in [-0.05, 0) is 25.3 Å². The molecule has 0 fully saturated rings. The van der Waals surface area contributed by atoms with Crippen molar-refractivity contribution in [2.45, 2.75) is 40.0 Å². The van der Waals surface area contributed by atoms with Crippen LogP contribution in [-0.4, -0.2) is 38.0 Å². The Morgan fingerprint density at radius 3 is 2.31 bits per heavy atom. The van der Waals surface area contributed by atoms with Gasteiger partial charge in [0.15, 0.2) is 0 Å². The van der Waals surface area contributed by atoms with E-state index >= 15 is 0 Å². The second-order valence-electron chi connectivity index (χ2n) is 5.33. The van der Waals surface area contributed by atoms with Crippen molar-refractivity contribution in [3.05, 3.63) is 0 Å². The van der Waals surface area contributed by atoms with Crippen molar-refractivity contribution in [1.29, 1.82) is 0 Å². The van der Waals surface area contributed by atoms with Gasteiger partial charge in [-0.25, -0.2) is 0 Å². The molecule has 0 spiro atoms. The molecule has 98 valence electrons. The van der Waals surface area contributed by atoms with Gasteiger partial charge in [-0.15, -0.1) is 12.4 Å². The van der Waals surface area contributed by atoms with Gasteiger partial charge in [0.2, 0.25) is 5.91 Å². The predicted octanol–water partition coefficient (Wildman–Crippen LogP) is 2.30. The second-order valence-corrected chi connectivity index (χ2v) is 5.33. The van der Waals surface area contributed by atoms with E-state index in [1.54, 1.807) is 4.90 Å². The molecule has 0 unspecified atom stereocenters. The summed E-state index contributed by atoms with van der Waals surface area (Å²) in [5.74, 6) is 0.259. The zero-order valence-corrected chi connectivity index (χ0v) is 12.1. The molecule has 0 bridgehead atoms. The maximum absolute atomic E-state index is 11.6. The molecule has 4 heteroatoms. The van der Waals surface area contributed by atoms with Crippen LogP contribution in [0.1, 0.15) is 40.0 Å². The number of rotatable bonds is 6. The van der Waals surface area contributed by atoms with Crippen molar-refractivity contribution < 1.29 is 4.79 Å². The van der Waals surface area contributed by atoms with Crippen LogP contribution in [0, 0.1) is 5.41 Å². The van der Waals surface area contributed by atoms with E-state index in [4.69, 9.17) is 0 Å². The van der Waals surface area contributed by atoms with Crippen LogP contribution in [0.3, 0.4) is 0 Å². The Labute approximate surface area is 106 Å². The van der Waals surface area contributed by atoms with Crippen molar-refractivity contribution in [2.24, 2.45) is 5.41 Å². The first-order valence-corrected chi connectivity index (χ1v) is 5.75. The highest BCUT2D eigenvalue weighted by Gasteiger charge is 2.12. The average Bonchev–Trinajstić information content (AvgIpc) is 2.11. The van der Waals surface area contributed by atoms with Crippen molar-refractivity contribution >= 4 is 18.3 Å². The van der Waals surface area contributed by atoms with Crippen molar-refractivity contribution in [3.63, 3.8) is 0 Å². The van der Waals surface area contributed by atoms with Crippen LogP contribution in [-0.2, 0) is 4.79 Å². The highest BCUT2D eigenvalue weighted by molar-refractivity contribution is 5.85. The van der Waals surface area contributed by atoms with Crippen LogP contribution in [0.5, 0.6) is 0 Å². The van der Waals surface area contributed by atoms with Gasteiger partial charge < -0.3 is 10.2 Å². The molecule has 0 aromatic carbocycles. The maximum Gasteiger partial charge on any atom is 0.222 e. The van der Waals surface area contributed by atoms with Crippen molar-refractivity contribution in [2.75, 3.05) is 27.2 Å². The SMILES string of the molecule is CNCCN(C)C(=O)CCCC(C)(C)C.Cl. The summed E-state index contributed by atoms with van der Waals surface area (Å²) >= 11 is 0. The first-order valence-electron chi connectivity index (χ1n) is 5.75. The lowest BCUT2D eigenvalue weighted by Crippen LogP contribution is -2.32. The number of carbonyl (C=O) groups excluding carboxylic acids is 1. The monoisotopic (exact) mass is 250 g/mol. The van der Waals surface area contributed by atoms with E-state index in [1.165, 1.54) is 0 Å². The largest absolute Gasteiger partial charge is 0.344 e. The lowest BCUT2D eigenvalue weighted by atomic mass is 9.90. The van der Waals surface area contributed by atoms with Gasteiger partial charge in [0, 0.05) is 26.6 Å². The number of hydrogen-bond donors (Lipinski definition) is 1. The lowest BCUT2D eigenvalue weighted by molar-refractivity contribution is -0.130. The van der Waals surface area contributed by atoms with E-state index in [0.29, 0.717) is 11.8 Å². The molecular formula is C12H27ClN2O. The van der Waals surface area contributed by atoms with Gasteiger partial charge >= 0.3 is 0 Å². The molecule has 0 aliphatic carbocycles. The quantitative estimate of drug-likeness (QED) is 0.785. The number of carbonyl (C=O) groups is 1. The molecule has 0 saturated heterocycles. The van der Waals surface area contributed by atoms with Gasteiger partial charge in [-0.2, -0.15) is 0 Å². The molecule has 1 amide bonds. The van der Waals surface area contributed by atoms with Crippen molar-refractivity contribution in [3.8, 4) is 0 Å². The summed E-state index contributed by atoms with van der Waals surface area (Å²) in [7, 11) is 3.77. The Kier molecular flexibility index (Phi) is 9.98. The summed E-state index contributed by atoms with van der Waals surface area (Å²) in [6.07, 6.45) is 2.78. The minimum atomic E-state index is 0. The zero-order valence-electron chi connectivity index (χ0n) is 11.3. The summed E-state index contributed by atoms with van der Waals surface area (Å²) < 4.78 is 0. The number of nitrogens with zero attached hydrogens (tertiary/aromatic N) is 1. The Bertz CT molecular complexity index is 190. The Morgan fingerprint density at radius 1 is 1.31 bits per heavy atom. The predicted molar refractivity (Wildman–Crippen MR) is 72.1 cm³/mol. The molecule has 0 aromatic heterocycles. The van der Waals surface area contributed by atoms with Crippen LogP contribution in [0.4, 0.5) is 0 Å². The molecule has 0 radical (unpaired) electrons. The topological polar surface area (TPSA) is 32.3 Å². The van der Waals surface area contributed by atoms with Crippen LogP contribution >= 0.6 is 12.4 Å². The van der Waals surface area contributed by atoms with Crippen LogP contribution < -0.4 is 5.32 Å². The third-order valence-corrected chi connectivity index (χ3v) is 2.44. The van der Waals surface area contributed by atoms with E-state index in [1.807, 2.05) is 14.1 Å². The first kappa shape index (κ1) is 18.1. The van der Waals surface area contributed by atoms with Crippen LogP contribution in [0.25, 0.3) is 0 Å². The molecule has 0 rings (SSSR count). The van der Waals surface area contributed by atoms with Crippen LogP contribution in [0.2, 0.25) is 0 Å². The van der Waals surface area contributed by atoms with Crippen LogP contribution in [0.15, 0.2) is 0 Å². The molecule has 0 saturated carbocycles. The summed E-state index contributed by atoms with van der Waals surface area (Å²) in [6.45, 7) is 8.29. The second kappa shape index (κ2) is 8.82. The Balaban J connectivity index is 0. The molecule has 3 nitrogen and oxygen atoms in total. The van der Waals surface area contributed by atoms with E-state index < -0.39 is 0 Å². The highest BCUT2D eigenvalue weighted by Crippen LogP contribution is 2.21. The van der Waals surface area contributed by atoms with Crippen molar-refractivity contribution in [1.82, 2.24) is 10.2 Å². The Hall–Kier alpha value is -0.280. The molecule has 0 aliphatic heterocycles. The smallest absolute Gasteiger partial charge is 0.222 e. The fourth-order valence-electron chi connectivity index (χ4n) is 1.37. The fraction of sp³-hybridized carbons (Fsp3) is 0.917. The number of hydrogen-bond acceptors (Lipinski definition) is 2. The summed E-state index contributed by atoms with van der Waals surface area (Å²) in [6, 6.07) is 0. The third kappa shape index (κ3) is 10.2.